The Balaban J connectivity index is 1.80. The first-order valence-electron chi connectivity index (χ1n) is 7.85. The number of piperazine rings is 1. The molecule has 1 saturated heterocycles. The van der Waals surface area contributed by atoms with Crippen LogP contribution in [0.4, 0.5) is 0 Å². The van der Waals surface area contributed by atoms with Crippen molar-refractivity contribution in [3.8, 4) is 5.75 Å². The molecule has 0 spiro atoms. The molecule has 2 amide bonds. The van der Waals surface area contributed by atoms with Gasteiger partial charge in [0.15, 0.2) is 6.61 Å². The minimum Gasteiger partial charge on any atom is -0.484 e. The monoisotopic (exact) mass is 372 g/mol. The zero-order valence-corrected chi connectivity index (χ0v) is 15.4. The highest BCUT2D eigenvalue weighted by Gasteiger charge is 2.33. The third kappa shape index (κ3) is 4.77. The second kappa shape index (κ2) is 8.08. The van der Waals surface area contributed by atoms with Crippen LogP contribution in [0, 0.1) is 5.41 Å². The van der Waals surface area contributed by atoms with Gasteiger partial charge in [-0.05, 0) is 38.1 Å². The fourth-order valence-corrected chi connectivity index (χ4v) is 2.65. The van der Waals surface area contributed by atoms with Gasteiger partial charge in [0.2, 0.25) is 5.91 Å². The summed E-state index contributed by atoms with van der Waals surface area (Å²) in [6.45, 7) is 5.69. The van der Waals surface area contributed by atoms with E-state index in [1.54, 1.807) is 34.1 Å². The van der Waals surface area contributed by atoms with E-state index in [0.29, 0.717) is 37.0 Å². The normalized spacial score (nSPS) is 15.3. The molecule has 0 saturated carbocycles. The number of hydrogen-bond donors (Lipinski definition) is 0. The van der Waals surface area contributed by atoms with E-state index in [0.717, 1.165) is 0 Å². The molecule has 1 aliphatic heterocycles. The van der Waals surface area contributed by atoms with Crippen molar-refractivity contribution in [2.45, 2.75) is 13.8 Å². The fraction of sp³-hybridized carbons (Fsp3) is 0.529. The summed E-state index contributed by atoms with van der Waals surface area (Å²) in [4.78, 5) is 28.1. The quantitative estimate of drug-likeness (QED) is 0.746. The van der Waals surface area contributed by atoms with Crippen molar-refractivity contribution in [1.82, 2.24) is 9.80 Å². The molecular formula is C17H22Cl2N2O3. The molecule has 0 radical (unpaired) electrons. The molecule has 1 heterocycles. The van der Waals surface area contributed by atoms with Crippen LogP contribution >= 0.6 is 23.2 Å². The smallest absolute Gasteiger partial charge is 0.260 e. The predicted molar refractivity (Wildman–Crippen MR) is 94.6 cm³/mol. The summed E-state index contributed by atoms with van der Waals surface area (Å²) in [5.74, 6) is 0.820. The average Bonchev–Trinajstić information content (AvgIpc) is 2.60. The van der Waals surface area contributed by atoms with Gasteiger partial charge in [0.1, 0.15) is 5.75 Å². The molecule has 1 fully saturated rings. The number of carbonyl (C=O) groups is 2. The van der Waals surface area contributed by atoms with Crippen LogP contribution in [0.5, 0.6) is 5.75 Å². The topological polar surface area (TPSA) is 49.9 Å². The summed E-state index contributed by atoms with van der Waals surface area (Å²) >= 11 is 11.7. The molecule has 1 aromatic carbocycles. The zero-order valence-electron chi connectivity index (χ0n) is 13.9. The number of benzene rings is 1. The lowest BCUT2D eigenvalue weighted by Gasteiger charge is -2.38. The summed E-state index contributed by atoms with van der Waals surface area (Å²) in [5, 5.41) is 0.620. The van der Waals surface area contributed by atoms with Gasteiger partial charge in [0, 0.05) is 37.1 Å². The number of carbonyl (C=O) groups excluding carboxylic acids is 2. The van der Waals surface area contributed by atoms with Gasteiger partial charge in [0.05, 0.1) is 5.41 Å². The van der Waals surface area contributed by atoms with E-state index >= 15 is 0 Å². The van der Waals surface area contributed by atoms with Crippen LogP contribution < -0.4 is 4.74 Å². The number of hydrogen-bond acceptors (Lipinski definition) is 3. The van der Waals surface area contributed by atoms with Gasteiger partial charge in [-0.1, -0.05) is 11.6 Å². The Morgan fingerprint density at radius 2 is 1.62 bits per heavy atom. The molecule has 7 heteroatoms. The van der Waals surface area contributed by atoms with Crippen LogP contribution in [0.3, 0.4) is 0 Å². The first kappa shape index (κ1) is 18.9. The second-order valence-electron chi connectivity index (χ2n) is 6.43. The van der Waals surface area contributed by atoms with Gasteiger partial charge in [-0.3, -0.25) is 9.59 Å². The number of rotatable bonds is 5. The number of halogens is 2. The summed E-state index contributed by atoms with van der Waals surface area (Å²) in [7, 11) is 0. The molecule has 0 aromatic heterocycles. The van der Waals surface area contributed by atoms with Crippen molar-refractivity contribution < 1.29 is 14.3 Å². The van der Waals surface area contributed by atoms with E-state index in [1.165, 1.54) is 0 Å². The lowest BCUT2D eigenvalue weighted by Crippen LogP contribution is -2.54. The van der Waals surface area contributed by atoms with Crippen molar-refractivity contribution in [1.29, 1.82) is 0 Å². The molecule has 0 atom stereocenters. The molecule has 2 rings (SSSR count). The summed E-state index contributed by atoms with van der Waals surface area (Å²) in [6.07, 6.45) is 0. The van der Waals surface area contributed by atoms with Crippen LogP contribution in [0.1, 0.15) is 13.8 Å². The van der Waals surface area contributed by atoms with Crippen molar-refractivity contribution in [2.24, 2.45) is 5.41 Å². The van der Waals surface area contributed by atoms with Gasteiger partial charge in [0.25, 0.3) is 5.91 Å². The van der Waals surface area contributed by atoms with E-state index in [2.05, 4.69) is 0 Å². The SMILES string of the molecule is CC(C)(CCl)C(=O)N1CCN(C(=O)COc2ccc(Cl)cc2)CC1. The minimum atomic E-state index is -0.578. The Morgan fingerprint density at radius 3 is 2.17 bits per heavy atom. The maximum atomic E-state index is 12.4. The van der Waals surface area contributed by atoms with Gasteiger partial charge in [-0.25, -0.2) is 0 Å². The molecule has 132 valence electrons. The molecule has 1 aromatic rings. The summed E-state index contributed by atoms with van der Waals surface area (Å²) < 4.78 is 5.47. The molecule has 24 heavy (non-hydrogen) atoms. The van der Waals surface area contributed by atoms with Crippen molar-refractivity contribution in [3.05, 3.63) is 29.3 Å². The standard InChI is InChI=1S/C17H22Cl2N2O3/c1-17(2,12-18)16(23)21-9-7-20(8-10-21)15(22)11-24-14-5-3-13(19)4-6-14/h3-6H,7-12H2,1-2H3. The number of amides is 2. The lowest BCUT2D eigenvalue weighted by molar-refractivity contribution is -0.145. The first-order valence-corrected chi connectivity index (χ1v) is 8.76. The minimum absolute atomic E-state index is 0.0250. The molecule has 0 unspecified atom stereocenters. The van der Waals surface area contributed by atoms with E-state index in [-0.39, 0.29) is 24.3 Å². The van der Waals surface area contributed by atoms with Gasteiger partial charge in [-0.2, -0.15) is 0 Å². The first-order chi connectivity index (χ1) is 11.3. The Kier molecular flexibility index (Phi) is 6.35. The van der Waals surface area contributed by atoms with E-state index in [1.807, 2.05) is 13.8 Å². The van der Waals surface area contributed by atoms with Crippen molar-refractivity contribution >= 4 is 35.0 Å². The van der Waals surface area contributed by atoms with Crippen molar-refractivity contribution in [3.63, 3.8) is 0 Å². The predicted octanol–water partition coefficient (Wildman–Crippen LogP) is 2.65. The summed E-state index contributed by atoms with van der Waals surface area (Å²) in [5.41, 5.74) is -0.578. The molecule has 5 nitrogen and oxygen atoms in total. The van der Waals surface area contributed by atoms with Crippen LogP contribution in [0.25, 0.3) is 0 Å². The van der Waals surface area contributed by atoms with Crippen LogP contribution in [0.2, 0.25) is 5.02 Å². The number of ether oxygens (including phenoxy) is 1. The number of nitrogens with zero attached hydrogens (tertiary/aromatic N) is 2. The van der Waals surface area contributed by atoms with Gasteiger partial charge < -0.3 is 14.5 Å². The van der Waals surface area contributed by atoms with Crippen LogP contribution in [-0.2, 0) is 9.59 Å². The van der Waals surface area contributed by atoms with E-state index < -0.39 is 5.41 Å². The van der Waals surface area contributed by atoms with E-state index in [9.17, 15) is 9.59 Å². The highest BCUT2D eigenvalue weighted by molar-refractivity contribution is 6.30. The lowest BCUT2D eigenvalue weighted by atomic mass is 9.94. The van der Waals surface area contributed by atoms with E-state index in [4.69, 9.17) is 27.9 Å². The fourth-order valence-electron chi connectivity index (χ4n) is 2.41. The Morgan fingerprint density at radius 1 is 1.08 bits per heavy atom. The Hall–Kier alpha value is -1.46. The molecule has 0 aliphatic carbocycles. The molecule has 0 bridgehead atoms. The summed E-state index contributed by atoms with van der Waals surface area (Å²) in [6, 6.07) is 6.87. The zero-order chi connectivity index (χ0) is 17.7. The molecule has 0 N–H and O–H groups in total. The average molecular weight is 373 g/mol. The number of alkyl halides is 1. The Bertz CT molecular complexity index is 582. The van der Waals surface area contributed by atoms with Crippen molar-refractivity contribution in [2.75, 3.05) is 38.7 Å². The maximum Gasteiger partial charge on any atom is 0.260 e. The van der Waals surface area contributed by atoms with Crippen LogP contribution in [-0.4, -0.2) is 60.3 Å². The molecular weight excluding hydrogens is 351 g/mol. The third-order valence-electron chi connectivity index (χ3n) is 4.01. The maximum absolute atomic E-state index is 12.4. The van der Waals surface area contributed by atoms with Crippen LogP contribution in [0.15, 0.2) is 24.3 Å². The Labute approximate surface area is 152 Å². The molecule has 1 aliphatic rings. The largest absolute Gasteiger partial charge is 0.484 e. The second-order valence-corrected chi connectivity index (χ2v) is 7.14. The highest BCUT2D eigenvalue weighted by atomic mass is 35.5. The van der Waals surface area contributed by atoms with Gasteiger partial charge >= 0.3 is 0 Å². The highest BCUT2D eigenvalue weighted by Crippen LogP contribution is 2.21. The van der Waals surface area contributed by atoms with Gasteiger partial charge in [-0.15, -0.1) is 11.6 Å². The third-order valence-corrected chi connectivity index (χ3v) is 4.93.